The third kappa shape index (κ3) is 3.75. The Balaban J connectivity index is 1.81. The van der Waals surface area contributed by atoms with Gasteiger partial charge in [-0.05, 0) is 12.1 Å². The molecule has 1 aliphatic heterocycles. The molecule has 5 nitrogen and oxygen atoms in total. The second-order valence-corrected chi connectivity index (χ2v) is 5.06. The van der Waals surface area contributed by atoms with Gasteiger partial charge in [-0.25, -0.2) is 0 Å². The largest absolute Gasteiger partial charge is 0.340 e. The molecule has 5 heteroatoms. The van der Waals surface area contributed by atoms with Crippen LogP contribution in [0.2, 0.25) is 0 Å². The third-order valence-electron chi connectivity index (χ3n) is 3.57. The van der Waals surface area contributed by atoms with E-state index in [4.69, 9.17) is 5.73 Å². The van der Waals surface area contributed by atoms with Crippen LogP contribution in [0.5, 0.6) is 0 Å². The van der Waals surface area contributed by atoms with Gasteiger partial charge >= 0.3 is 0 Å². The van der Waals surface area contributed by atoms with Crippen molar-refractivity contribution in [2.24, 2.45) is 11.7 Å². The van der Waals surface area contributed by atoms with Crippen LogP contribution < -0.4 is 5.73 Å². The zero-order chi connectivity index (χ0) is 13.7. The van der Waals surface area contributed by atoms with Crippen LogP contribution in [-0.2, 0) is 11.3 Å². The topological polar surface area (TPSA) is 62.5 Å². The molecule has 0 spiro atoms. The van der Waals surface area contributed by atoms with Gasteiger partial charge < -0.3 is 10.6 Å². The fourth-order valence-electron chi connectivity index (χ4n) is 2.26. The van der Waals surface area contributed by atoms with E-state index < -0.39 is 0 Å². The summed E-state index contributed by atoms with van der Waals surface area (Å²) in [5.74, 6) is 0.113. The quantitative estimate of drug-likeness (QED) is 0.849. The lowest BCUT2D eigenvalue weighted by molar-refractivity contribution is -0.136. The SMILES string of the molecule is CC(CN)C(=O)N1CCN(Cc2ccccn2)CC1. The van der Waals surface area contributed by atoms with E-state index in [1.165, 1.54) is 0 Å². The predicted molar refractivity (Wildman–Crippen MR) is 74.3 cm³/mol. The number of rotatable bonds is 4. The van der Waals surface area contributed by atoms with Gasteiger partial charge in [0.1, 0.15) is 0 Å². The van der Waals surface area contributed by atoms with Crippen LogP contribution in [0.3, 0.4) is 0 Å². The average Bonchev–Trinajstić information content (AvgIpc) is 2.47. The molecular weight excluding hydrogens is 240 g/mol. The molecule has 0 saturated carbocycles. The van der Waals surface area contributed by atoms with E-state index in [2.05, 4.69) is 9.88 Å². The molecule has 1 aromatic rings. The maximum atomic E-state index is 12.0. The minimum atomic E-state index is -0.0673. The number of amides is 1. The number of hydrogen-bond acceptors (Lipinski definition) is 4. The number of carbonyl (C=O) groups excluding carboxylic acids is 1. The van der Waals surface area contributed by atoms with Gasteiger partial charge in [0.25, 0.3) is 0 Å². The first kappa shape index (κ1) is 14.0. The first-order valence-corrected chi connectivity index (χ1v) is 6.82. The normalized spacial score (nSPS) is 18.3. The minimum Gasteiger partial charge on any atom is -0.340 e. The van der Waals surface area contributed by atoms with Crippen molar-refractivity contribution >= 4 is 5.91 Å². The first-order chi connectivity index (χ1) is 9.20. The molecule has 2 N–H and O–H groups in total. The zero-order valence-corrected chi connectivity index (χ0v) is 11.5. The maximum absolute atomic E-state index is 12.0. The van der Waals surface area contributed by atoms with Gasteiger partial charge in [0.2, 0.25) is 5.91 Å². The fourth-order valence-corrected chi connectivity index (χ4v) is 2.26. The molecule has 1 atom stereocenters. The van der Waals surface area contributed by atoms with Crippen LogP contribution in [0.1, 0.15) is 12.6 Å². The fraction of sp³-hybridized carbons (Fsp3) is 0.571. The highest BCUT2D eigenvalue weighted by molar-refractivity contribution is 5.78. The van der Waals surface area contributed by atoms with Crippen molar-refractivity contribution in [2.75, 3.05) is 32.7 Å². The molecule has 1 aliphatic rings. The Morgan fingerprint density at radius 1 is 1.37 bits per heavy atom. The lowest BCUT2D eigenvalue weighted by Crippen LogP contribution is -2.50. The van der Waals surface area contributed by atoms with E-state index in [1.807, 2.05) is 36.2 Å². The van der Waals surface area contributed by atoms with E-state index in [1.54, 1.807) is 0 Å². The van der Waals surface area contributed by atoms with Crippen molar-refractivity contribution < 1.29 is 4.79 Å². The lowest BCUT2D eigenvalue weighted by Gasteiger charge is -2.35. The standard InChI is InChI=1S/C14H22N4O/c1-12(10-15)14(19)18-8-6-17(7-9-18)11-13-4-2-3-5-16-13/h2-5,12H,6-11,15H2,1H3. The number of pyridine rings is 1. The molecule has 2 heterocycles. The van der Waals surface area contributed by atoms with E-state index in [-0.39, 0.29) is 11.8 Å². The first-order valence-electron chi connectivity index (χ1n) is 6.82. The maximum Gasteiger partial charge on any atom is 0.226 e. The summed E-state index contributed by atoms with van der Waals surface area (Å²) in [6, 6.07) is 5.97. The van der Waals surface area contributed by atoms with Crippen molar-refractivity contribution in [3.05, 3.63) is 30.1 Å². The summed E-state index contributed by atoms with van der Waals surface area (Å²) >= 11 is 0. The van der Waals surface area contributed by atoms with Crippen LogP contribution in [0.4, 0.5) is 0 Å². The van der Waals surface area contributed by atoms with Gasteiger partial charge in [-0.3, -0.25) is 14.7 Å². The van der Waals surface area contributed by atoms with Gasteiger partial charge in [-0.1, -0.05) is 13.0 Å². The van der Waals surface area contributed by atoms with E-state index in [9.17, 15) is 4.79 Å². The number of nitrogens with zero attached hydrogens (tertiary/aromatic N) is 3. The average molecular weight is 262 g/mol. The van der Waals surface area contributed by atoms with Crippen LogP contribution in [-0.4, -0.2) is 53.4 Å². The van der Waals surface area contributed by atoms with E-state index >= 15 is 0 Å². The molecule has 1 fully saturated rings. The number of nitrogens with two attached hydrogens (primary N) is 1. The molecule has 19 heavy (non-hydrogen) atoms. The monoisotopic (exact) mass is 262 g/mol. The summed E-state index contributed by atoms with van der Waals surface area (Å²) in [6.07, 6.45) is 1.82. The Kier molecular flexibility index (Phi) is 4.87. The highest BCUT2D eigenvalue weighted by atomic mass is 16.2. The second-order valence-electron chi connectivity index (χ2n) is 5.06. The molecule has 0 radical (unpaired) electrons. The molecule has 0 bridgehead atoms. The second kappa shape index (κ2) is 6.63. The molecule has 104 valence electrons. The molecule has 0 aliphatic carbocycles. The van der Waals surface area contributed by atoms with Crippen LogP contribution >= 0.6 is 0 Å². The molecule has 1 unspecified atom stereocenters. The minimum absolute atomic E-state index is 0.0673. The Labute approximate surface area is 114 Å². The van der Waals surface area contributed by atoms with Gasteiger partial charge in [0, 0.05) is 51.4 Å². The van der Waals surface area contributed by atoms with Crippen molar-refractivity contribution in [1.29, 1.82) is 0 Å². The predicted octanol–water partition coefficient (Wildman–Crippen LogP) is 0.321. The Hall–Kier alpha value is -1.46. The van der Waals surface area contributed by atoms with E-state index in [0.717, 1.165) is 38.4 Å². The van der Waals surface area contributed by atoms with Crippen molar-refractivity contribution in [3.8, 4) is 0 Å². The van der Waals surface area contributed by atoms with Gasteiger partial charge in [0.05, 0.1) is 5.69 Å². The number of hydrogen-bond donors (Lipinski definition) is 1. The Morgan fingerprint density at radius 3 is 2.68 bits per heavy atom. The number of piperazine rings is 1. The summed E-state index contributed by atoms with van der Waals surface area (Å²) < 4.78 is 0. The molecule has 0 aromatic carbocycles. The highest BCUT2D eigenvalue weighted by Crippen LogP contribution is 2.09. The molecule has 1 saturated heterocycles. The van der Waals surface area contributed by atoms with Crippen LogP contribution in [0, 0.1) is 5.92 Å². The summed E-state index contributed by atoms with van der Waals surface area (Å²) in [5, 5.41) is 0. The van der Waals surface area contributed by atoms with Crippen LogP contribution in [0.25, 0.3) is 0 Å². The number of carbonyl (C=O) groups is 1. The summed E-state index contributed by atoms with van der Waals surface area (Å²) in [5.41, 5.74) is 6.62. The van der Waals surface area contributed by atoms with Gasteiger partial charge in [-0.2, -0.15) is 0 Å². The Morgan fingerprint density at radius 2 is 2.11 bits per heavy atom. The highest BCUT2D eigenvalue weighted by Gasteiger charge is 2.24. The summed E-state index contributed by atoms with van der Waals surface area (Å²) in [7, 11) is 0. The van der Waals surface area contributed by atoms with Gasteiger partial charge in [-0.15, -0.1) is 0 Å². The van der Waals surface area contributed by atoms with Crippen molar-refractivity contribution in [1.82, 2.24) is 14.8 Å². The van der Waals surface area contributed by atoms with Crippen molar-refractivity contribution in [2.45, 2.75) is 13.5 Å². The molecular formula is C14H22N4O. The number of aromatic nitrogens is 1. The molecule has 1 aromatic heterocycles. The lowest BCUT2D eigenvalue weighted by atomic mass is 10.1. The third-order valence-corrected chi connectivity index (χ3v) is 3.57. The van der Waals surface area contributed by atoms with Crippen molar-refractivity contribution in [3.63, 3.8) is 0 Å². The Bertz CT molecular complexity index is 401. The summed E-state index contributed by atoms with van der Waals surface area (Å²) in [4.78, 5) is 20.6. The van der Waals surface area contributed by atoms with Crippen LogP contribution in [0.15, 0.2) is 24.4 Å². The smallest absolute Gasteiger partial charge is 0.226 e. The van der Waals surface area contributed by atoms with Gasteiger partial charge in [0.15, 0.2) is 0 Å². The summed E-state index contributed by atoms with van der Waals surface area (Å²) in [6.45, 7) is 6.55. The molecule has 1 amide bonds. The zero-order valence-electron chi connectivity index (χ0n) is 11.5. The molecule has 2 rings (SSSR count). The van der Waals surface area contributed by atoms with E-state index in [0.29, 0.717) is 6.54 Å².